The van der Waals surface area contributed by atoms with Crippen molar-refractivity contribution < 1.29 is 18.0 Å². The van der Waals surface area contributed by atoms with E-state index in [1.54, 1.807) is 37.3 Å². The highest BCUT2D eigenvalue weighted by Gasteiger charge is 2.33. The fourth-order valence-corrected chi connectivity index (χ4v) is 5.53. The van der Waals surface area contributed by atoms with Crippen LogP contribution in [0.5, 0.6) is 0 Å². The highest BCUT2D eigenvalue weighted by Crippen LogP contribution is 2.28. The zero-order chi connectivity index (χ0) is 28.0. The zero-order valence-electron chi connectivity index (χ0n) is 21.1. The molecule has 0 aromatic heterocycles. The Kier molecular flexibility index (Phi) is 10.1. The molecule has 7 nitrogen and oxygen atoms in total. The van der Waals surface area contributed by atoms with E-state index in [-0.39, 0.29) is 18.7 Å². The minimum atomic E-state index is -3.90. The first-order chi connectivity index (χ1) is 17.9. The third-order valence-electron chi connectivity index (χ3n) is 5.99. The van der Waals surface area contributed by atoms with Crippen molar-refractivity contribution in [3.05, 3.63) is 98.5 Å². The van der Waals surface area contributed by atoms with E-state index in [4.69, 9.17) is 34.8 Å². The molecular weight excluding hydrogens is 569 g/mol. The number of nitrogens with one attached hydrogen (secondary N) is 1. The number of rotatable bonds is 10. The summed E-state index contributed by atoms with van der Waals surface area (Å²) in [6.07, 6.45) is 1.22. The van der Waals surface area contributed by atoms with Crippen LogP contribution in [0.4, 0.5) is 5.69 Å². The zero-order valence-corrected chi connectivity index (χ0v) is 24.2. The van der Waals surface area contributed by atoms with E-state index >= 15 is 0 Å². The lowest BCUT2D eigenvalue weighted by molar-refractivity contribution is -0.139. The number of nitrogens with zero attached hydrogens (tertiary/aromatic N) is 2. The van der Waals surface area contributed by atoms with Crippen LogP contribution in [0.15, 0.2) is 66.7 Å². The molecule has 0 saturated heterocycles. The molecule has 1 unspecified atom stereocenters. The molecule has 3 aromatic rings. The molecule has 3 aromatic carbocycles. The second-order valence-electron chi connectivity index (χ2n) is 8.78. The maximum absolute atomic E-state index is 13.9. The molecule has 0 aliphatic heterocycles. The highest BCUT2D eigenvalue weighted by atomic mass is 35.5. The summed E-state index contributed by atoms with van der Waals surface area (Å²) >= 11 is 18.6. The first-order valence-electron chi connectivity index (χ1n) is 11.6. The smallest absolute Gasteiger partial charge is 0.244 e. The maximum atomic E-state index is 13.9. The predicted molar refractivity (Wildman–Crippen MR) is 153 cm³/mol. The van der Waals surface area contributed by atoms with Gasteiger partial charge in [0.25, 0.3) is 0 Å². The molecule has 0 fully saturated rings. The average molecular weight is 597 g/mol. The van der Waals surface area contributed by atoms with Gasteiger partial charge in [0.1, 0.15) is 12.6 Å². The van der Waals surface area contributed by atoms with E-state index in [9.17, 15) is 18.0 Å². The van der Waals surface area contributed by atoms with Gasteiger partial charge in [-0.15, -0.1) is 0 Å². The van der Waals surface area contributed by atoms with Crippen molar-refractivity contribution in [2.45, 2.75) is 25.9 Å². The number of amides is 2. The van der Waals surface area contributed by atoms with Crippen LogP contribution in [0.1, 0.15) is 16.7 Å². The van der Waals surface area contributed by atoms with Gasteiger partial charge in [-0.1, -0.05) is 77.3 Å². The molecule has 0 aliphatic carbocycles. The van der Waals surface area contributed by atoms with Gasteiger partial charge >= 0.3 is 0 Å². The molecule has 0 spiro atoms. The van der Waals surface area contributed by atoms with E-state index in [0.29, 0.717) is 26.2 Å². The van der Waals surface area contributed by atoms with Crippen molar-refractivity contribution in [3.8, 4) is 0 Å². The highest BCUT2D eigenvalue weighted by molar-refractivity contribution is 7.92. The molecule has 2 amide bonds. The van der Waals surface area contributed by atoms with Gasteiger partial charge in [0.15, 0.2) is 0 Å². The summed E-state index contributed by atoms with van der Waals surface area (Å²) in [5.41, 5.74) is 2.27. The number of hydrogen-bond acceptors (Lipinski definition) is 4. The topological polar surface area (TPSA) is 86.8 Å². The Labute approximate surface area is 238 Å². The molecule has 1 N–H and O–H groups in total. The third kappa shape index (κ3) is 7.63. The van der Waals surface area contributed by atoms with Crippen LogP contribution in [-0.4, -0.2) is 51.0 Å². The number of anilines is 1. The summed E-state index contributed by atoms with van der Waals surface area (Å²) in [7, 11) is -2.42. The molecule has 3 rings (SSSR count). The number of likely N-dealkylation sites (N-methyl/N-ethyl adjacent to an activating group) is 1. The Morgan fingerprint density at radius 2 is 1.58 bits per heavy atom. The van der Waals surface area contributed by atoms with Crippen molar-refractivity contribution in [2.24, 2.45) is 0 Å². The fraction of sp³-hybridized carbons (Fsp3) is 0.259. The van der Waals surface area contributed by atoms with E-state index in [1.807, 2.05) is 30.3 Å². The lowest BCUT2D eigenvalue weighted by Gasteiger charge is -2.33. The normalized spacial score (nSPS) is 12.1. The van der Waals surface area contributed by atoms with Gasteiger partial charge < -0.3 is 10.2 Å². The predicted octanol–water partition coefficient (Wildman–Crippen LogP) is 5.11. The number of benzene rings is 3. The first-order valence-corrected chi connectivity index (χ1v) is 14.6. The number of aryl methyl sites for hydroxylation is 1. The van der Waals surface area contributed by atoms with Gasteiger partial charge in [-0.2, -0.15) is 0 Å². The van der Waals surface area contributed by atoms with Crippen LogP contribution in [0.3, 0.4) is 0 Å². The fourth-order valence-electron chi connectivity index (χ4n) is 4.00. The van der Waals surface area contributed by atoms with Crippen LogP contribution < -0.4 is 9.62 Å². The Bertz CT molecular complexity index is 1420. The minimum Gasteiger partial charge on any atom is -0.357 e. The van der Waals surface area contributed by atoms with Crippen LogP contribution >= 0.6 is 34.8 Å². The Balaban J connectivity index is 2.08. The molecular formula is C27H28Cl3N3O4S. The van der Waals surface area contributed by atoms with Gasteiger partial charge in [-0.3, -0.25) is 13.9 Å². The molecule has 1 atom stereocenters. The van der Waals surface area contributed by atoms with Crippen molar-refractivity contribution in [2.75, 3.05) is 24.2 Å². The summed E-state index contributed by atoms with van der Waals surface area (Å²) in [5.74, 6) is -0.998. The lowest BCUT2D eigenvalue weighted by Crippen LogP contribution is -2.53. The largest absolute Gasteiger partial charge is 0.357 e. The minimum absolute atomic E-state index is 0.0497. The van der Waals surface area contributed by atoms with Gasteiger partial charge in [0, 0.05) is 35.1 Å². The van der Waals surface area contributed by atoms with Gasteiger partial charge in [-0.25, -0.2) is 8.42 Å². The molecule has 0 bridgehead atoms. The Morgan fingerprint density at radius 1 is 0.947 bits per heavy atom. The molecule has 11 heteroatoms. The van der Waals surface area contributed by atoms with Crippen LogP contribution in [-0.2, 0) is 32.6 Å². The Morgan fingerprint density at radius 3 is 2.18 bits per heavy atom. The number of carbonyl (C=O) groups is 2. The standard InChI is InChI=1S/C27H28Cl3N3O4S/c1-18-9-11-22(29)15-24(18)33(38(3,36)37)17-26(34)32(16-20-10-12-21(28)14-23(20)30)25(27(35)31-2)13-19-7-5-4-6-8-19/h4-12,14-15,25H,13,16-17H2,1-3H3,(H,31,35). The van der Waals surface area contributed by atoms with Gasteiger partial charge in [-0.05, 0) is 47.9 Å². The summed E-state index contributed by atoms with van der Waals surface area (Å²) in [5, 5.41) is 3.68. The van der Waals surface area contributed by atoms with Crippen molar-refractivity contribution >= 4 is 62.3 Å². The van der Waals surface area contributed by atoms with E-state index in [1.165, 1.54) is 18.0 Å². The molecule has 0 radical (unpaired) electrons. The quantitative estimate of drug-likeness (QED) is 0.353. The molecule has 0 aliphatic rings. The number of carbonyl (C=O) groups excluding carboxylic acids is 2. The van der Waals surface area contributed by atoms with Crippen LogP contribution in [0, 0.1) is 6.92 Å². The summed E-state index contributed by atoms with van der Waals surface area (Å²) < 4.78 is 26.7. The van der Waals surface area contributed by atoms with Crippen molar-refractivity contribution in [3.63, 3.8) is 0 Å². The van der Waals surface area contributed by atoms with Crippen molar-refractivity contribution in [1.29, 1.82) is 0 Å². The number of hydrogen-bond donors (Lipinski definition) is 1. The van der Waals surface area contributed by atoms with Gasteiger partial charge in [0.05, 0.1) is 11.9 Å². The molecule has 202 valence electrons. The van der Waals surface area contributed by atoms with E-state index in [0.717, 1.165) is 16.1 Å². The number of halogens is 3. The molecule has 0 heterocycles. The SMILES string of the molecule is CNC(=O)C(Cc1ccccc1)N(Cc1ccc(Cl)cc1Cl)C(=O)CN(c1cc(Cl)ccc1C)S(C)(=O)=O. The van der Waals surface area contributed by atoms with E-state index < -0.39 is 34.4 Å². The van der Waals surface area contributed by atoms with Crippen LogP contribution in [0.2, 0.25) is 15.1 Å². The maximum Gasteiger partial charge on any atom is 0.244 e. The molecule has 38 heavy (non-hydrogen) atoms. The van der Waals surface area contributed by atoms with E-state index in [2.05, 4.69) is 5.32 Å². The van der Waals surface area contributed by atoms with Gasteiger partial charge in [0.2, 0.25) is 21.8 Å². The second-order valence-corrected chi connectivity index (χ2v) is 12.0. The molecule has 0 saturated carbocycles. The average Bonchev–Trinajstić information content (AvgIpc) is 2.86. The number of sulfonamides is 1. The van der Waals surface area contributed by atoms with Crippen LogP contribution in [0.25, 0.3) is 0 Å². The summed E-state index contributed by atoms with van der Waals surface area (Å²) in [6, 6.07) is 17.9. The second kappa shape index (κ2) is 12.8. The summed E-state index contributed by atoms with van der Waals surface area (Å²) in [6.45, 7) is 1.13. The third-order valence-corrected chi connectivity index (χ3v) is 7.94. The Hall–Kier alpha value is -2.78. The summed E-state index contributed by atoms with van der Waals surface area (Å²) in [4.78, 5) is 28.4. The lowest BCUT2D eigenvalue weighted by atomic mass is 10.0. The first kappa shape index (κ1) is 29.8. The van der Waals surface area contributed by atoms with Crippen molar-refractivity contribution in [1.82, 2.24) is 10.2 Å². The monoisotopic (exact) mass is 595 g/mol.